The molecule has 2 aromatic rings. The Labute approximate surface area is 116 Å². The molecule has 0 radical (unpaired) electrons. The molecule has 0 spiro atoms. The fraction of sp³-hybridized carbons (Fsp3) is 0.176. The van der Waals surface area contributed by atoms with Gasteiger partial charge in [0.05, 0.1) is 0 Å². The van der Waals surface area contributed by atoms with Gasteiger partial charge in [0, 0.05) is 4.47 Å². The van der Waals surface area contributed by atoms with Gasteiger partial charge in [-0.3, -0.25) is 0 Å². The Bertz CT molecular complexity index is 651. The monoisotopic (exact) mass is 298 g/mol. The molecule has 0 amide bonds. The maximum absolute atomic E-state index is 3.70. The van der Waals surface area contributed by atoms with Crippen molar-refractivity contribution in [2.75, 3.05) is 0 Å². The molecule has 3 rings (SSSR count). The molecule has 0 saturated heterocycles. The van der Waals surface area contributed by atoms with E-state index in [9.17, 15) is 0 Å². The fourth-order valence-electron chi connectivity index (χ4n) is 2.63. The highest BCUT2D eigenvalue weighted by molar-refractivity contribution is 9.10. The normalized spacial score (nSPS) is 13.4. The molecule has 1 heteroatoms. The Morgan fingerprint density at radius 2 is 1.83 bits per heavy atom. The second-order valence-electron chi connectivity index (χ2n) is 5.01. The number of rotatable bonds is 1. The van der Waals surface area contributed by atoms with Gasteiger partial charge < -0.3 is 0 Å². The maximum atomic E-state index is 3.70. The van der Waals surface area contributed by atoms with Crippen LogP contribution in [0.4, 0.5) is 0 Å². The van der Waals surface area contributed by atoms with Crippen LogP contribution in [0, 0.1) is 6.92 Å². The number of halogens is 1. The lowest BCUT2D eigenvalue weighted by molar-refractivity contribution is 1.19. The van der Waals surface area contributed by atoms with E-state index in [0.717, 1.165) is 6.42 Å². The topological polar surface area (TPSA) is 0 Å². The lowest BCUT2D eigenvalue weighted by atomic mass is 9.97. The summed E-state index contributed by atoms with van der Waals surface area (Å²) >= 11 is 3.70. The van der Waals surface area contributed by atoms with Gasteiger partial charge in [-0.15, -0.1) is 0 Å². The first kappa shape index (κ1) is 11.7. The van der Waals surface area contributed by atoms with Gasteiger partial charge in [-0.05, 0) is 54.2 Å². The molecule has 0 N–H and O–H groups in total. The summed E-state index contributed by atoms with van der Waals surface area (Å²) in [7, 11) is 0. The number of benzene rings is 2. The molecular formula is C17H15Br. The van der Waals surface area contributed by atoms with Crippen molar-refractivity contribution in [2.24, 2.45) is 0 Å². The van der Waals surface area contributed by atoms with E-state index in [1.165, 1.54) is 37.9 Å². The van der Waals surface area contributed by atoms with Crippen LogP contribution < -0.4 is 0 Å². The number of fused-ring (bicyclic) bond motifs is 1. The molecule has 2 aromatic carbocycles. The summed E-state index contributed by atoms with van der Waals surface area (Å²) in [6.45, 7) is 4.36. The molecule has 1 aliphatic carbocycles. The van der Waals surface area contributed by atoms with Crippen LogP contribution >= 0.6 is 15.9 Å². The molecule has 0 saturated carbocycles. The number of hydrogen-bond donors (Lipinski definition) is 0. The van der Waals surface area contributed by atoms with Gasteiger partial charge >= 0.3 is 0 Å². The molecule has 0 nitrogen and oxygen atoms in total. The van der Waals surface area contributed by atoms with E-state index in [1.54, 1.807) is 0 Å². The number of aryl methyl sites for hydroxylation is 1. The highest BCUT2D eigenvalue weighted by Gasteiger charge is 2.14. The third-order valence-electron chi connectivity index (χ3n) is 3.53. The van der Waals surface area contributed by atoms with Crippen molar-refractivity contribution < 1.29 is 0 Å². The molecule has 18 heavy (non-hydrogen) atoms. The first-order valence-electron chi connectivity index (χ1n) is 6.21. The molecular weight excluding hydrogens is 284 g/mol. The smallest absolute Gasteiger partial charge is 0.0256 e. The van der Waals surface area contributed by atoms with Crippen LogP contribution in [0.1, 0.15) is 23.6 Å². The molecule has 0 heterocycles. The van der Waals surface area contributed by atoms with E-state index in [0.29, 0.717) is 0 Å². The van der Waals surface area contributed by atoms with E-state index in [-0.39, 0.29) is 0 Å². The van der Waals surface area contributed by atoms with Crippen LogP contribution in [0.3, 0.4) is 0 Å². The molecule has 90 valence electrons. The van der Waals surface area contributed by atoms with Crippen LogP contribution in [0.5, 0.6) is 0 Å². The van der Waals surface area contributed by atoms with Crippen molar-refractivity contribution in [3.63, 3.8) is 0 Å². The minimum Gasteiger partial charge on any atom is -0.0683 e. The second kappa shape index (κ2) is 4.40. The van der Waals surface area contributed by atoms with Gasteiger partial charge in [0.2, 0.25) is 0 Å². The van der Waals surface area contributed by atoms with Crippen LogP contribution in [0.2, 0.25) is 0 Å². The largest absolute Gasteiger partial charge is 0.0683 e. The maximum Gasteiger partial charge on any atom is 0.0256 e. The van der Waals surface area contributed by atoms with Crippen molar-refractivity contribution >= 4 is 22.0 Å². The van der Waals surface area contributed by atoms with Gasteiger partial charge in [-0.2, -0.15) is 0 Å². The molecule has 0 atom stereocenters. The van der Waals surface area contributed by atoms with E-state index < -0.39 is 0 Å². The SMILES string of the molecule is CC1=Cc2c(Br)cc(-c3ccccc3C)cc2C1. The zero-order valence-corrected chi connectivity index (χ0v) is 12.2. The van der Waals surface area contributed by atoms with Gasteiger partial charge in [0.15, 0.2) is 0 Å². The van der Waals surface area contributed by atoms with E-state index >= 15 is 0 Å². The molecule has 0 fully saturated rings. The molecule has 0 bridgehead atoms. The Morgan fingerprint density at radius 1 is 1.06 bits per heavy atom. The summed E-state index contributed by atoms with van der Waals surface area (Å²) in [6, 6.07) is 13.1. The van der Waals surface area contributed by atoms with Gasteiger partial charge in [0.1, 0.15) is 0 Å². The zero-order valence-electron chi connectivity index (χ0n) is 10.6. The summed E-state index contributed by atoms with van der Waals surface area (Å²) in [5.74, 6) is 0. The lowest BCUT2D eigenvalue weighted by Gasteiger charge is -2.10. The van der Waals surface area contributed by atoms with Crippen LogP contribution in [-0.2, 0) is 6.42 Å². The Kier molecular flexibility index (Phi) is 2.87. The average Bonchev–Trinajstić information content (AvgIpc) is 2.71. The lowest BCUT2D eigenvalue weighted by Crippen LogP contribution is -1.89. The highest BCUT2D eigenvalue weighted by Crippen LogP contribution is 2.36. The van der Waals surface area contributed by atoms with Crippen molar-refractivity contribution in [2.45, 2.75) is 20.3 Å². The highest BCUT2D eigenvalue weighted by atomic mass is 79.9. The summed E-state index contributed by atoms with van der Waals surface area (Å²) < 4.78 is 1.20. The Hall–Kier alpha value is -1.34. The predicted octanol–water partition coefficient (Wildman–Crippen LogP) is 5.38. The van der Waals surface area contributed by atoms with Crippen LogP contribution in [-0.4, -0.2) is 0 Å². The molecule has 0 unspecified atom stereocenters. The summed E-state index contributed by atoms with van der Waals surface area (Å²) in [5.41, 5.74) is 8.18. The van der Waals surface area contributed by atoms with Crippen LogP contribution in [0.15, 0.2) is 46.4 Å². The first-order valence-corrected chi connectivity index (χ1v) is 7.00. The second-order valence-corrected chi connectivity index (χ2v) is 5.87. The number of allylic oxidation sites excluding steroid dienone is 1. The van der Waals surface area contributed by atoms with Gasteiger partial charge in [0.25, 0.3) is 0 Å². The molecule has 0 aliphatic heterocycles. The van der Waals surface area contributed by atoms with Crippen molar-refractivity contribution in [1.29, 1.82) is 0 Å². The standard InChI is InChI=1S/C17H15Br/c1-11-7-13-9-14(10-17(18)16(13)8-11)15-6-4-3-5-12(15)2/h3-6,8-10H,7H2,1-2H3. The van der Waals surface area contributed by atoms with E-state index in [2.05, 4.69) is 72.3 Å². The fourth-order valence-corrected chi connectivity index (χ4v) is 3.25. The van der Waals surface area contributed by atoms with E-state index in [1.807, 2.05) is 0 Å². The van der Waals surface area contributed by atoms with E-state index in [4.69, 9.17) is 0 Å². The van der Waals surface area contributed by atoms with Crippen molar-refractivity contribution in [3.05, 3.63) is 63.1 Å². The summed E-state index contributed by atoms with van der Waals surface area (Å²) in [4.78, 5) is 0. The van der Waals surface area contributed by atoms with Crippen LogP contribution in [0.25, 0.3) is 17.2 Å². The third kappa shape index (κ3) is 1.93. The minimum atomic E-state index is 1.08. The quantitative estimate of drug-likeness (QED) is 0.663. The Balaban J connectivity index is 2.16. The predicted molar refractivity (Wildman–Crippen MR) is 81.7 cm³/mol. The van der Waals surface area contributed by atoms with Crippen molar-refractivity contribution in [1.82, 2.24) is 0 Å². The molecule has 1 aliphatic rings. The molecule has 0 aromatic heterocycles. The van der Waals surface area contributed by atoms with Crippen molar-refractivity contribution in [3.8, 4) is 11.1 Å². The third-order valence-corrected chi connectivity index (χ3v) is 4.19. The van der Waals surface area contributed by atoms with Gasteiger partial charge in [-0.25, -0.2) is 0 Å². The summed E-state index contributed by atoms with van der Waals surface area (Å²) in [6.07, 6.45) is 3.36. The van der Waals surface area contributed by atoms with Gasteiger partial charge in [-0.1, -0.05) is 57.9 Å². The summed E-state index contributed by atoms with van der Waals surface area (Å²) in [5, 5.41) is 0. The zero-order chi connectivity index (χ0) is 12.7. The number of hydrogen-bond acceptors (Lipinski definition) is 0. The minimum absolute atomic E-state index is 1.08. The first-order chi connectivity index (χ1) is 8.65. The Morgan fingerprint density at radius 3 is 2.61 bits per heavy atom. The average molecular weight is 299 g/mol.